The van der Waals surface area contributed by atoms with Crippen molar-refractivity contribution in [3.05, 3.63) is 24.5 Å². The molecule has 1 aromatic rings. The summed E-state index contributed by atoms with van der Waals surface area (Å²) in [4.78, 5) is 15.3. The molecule has 0 aromatic carbocycles. The third-order valence-corrected chi connectivity index (χ3v) is 2.34. The number of amides is 2. The molecule has 0 radical (unpaired) electrons. The highest BCUT2D eigenvalue weighted by atomic mass is 16.2. The van der Waals surface area contributed by atoms with Crippen LogP contribution in [0.1, 0.15) is 0 Å². The molecule has 0 aliphatic carbocycles. The van der Waals surface area contributed by atoms with Crippen LogP contribution in [0.25, 0.3) is 0 Å². The molecule has 1 aliphatic heterocycles. The molecule has 2 heterocycles. The molecule has 3 N–H and O–H groups in total. The molecule has 2 amide bonds. The van der Waals surface area contributed by atoms with Crippen LogP contribution >= 0.6 is 0 Å². The number of pyridine rings is 1. The van der Waals surface area contributed by atoms with Crippen LogP contribution in [0.15, 0.2) is 24.5 Å². The molecule has 0 unspecified atom stereocenters. The predicted octanol–water partition coefficient (Wildman–Crippen LogP) is 0.422. The van der Waals surface area contributed by atoms with Crippen molar-refractivity contribution in [2.45, 2.75) is 0 Å². The molecule has 0 bridgehead atoms. The molecule has 0 spiro atoms. The highest BCUT2D eigenvalue weighted by molar-refractivity contribution is 5.88. The average molecular weight is 206 g/mol. The zero-order valence-electron chi connectivity index (χ0n) is 8.36. The van der Waals surface area contributed by atoms with E-state index in [-0.39, 0.29) is 6.03 Å². The van der Waals surface area contributed by atoms with E-state index in [4.69, 9.17) is 0 Å². The van der Waals surface area contributed by atoms with E-state index in [1.54, 1.807) is 24.5 Å². The monoisotopic (exact) mass is 206 g/mol. The van der Waals surface area contributed by atoms with Crippen LogP contribution in [0.4, 0.5) is 10.5 Å². The fourth-order valence-electron chi connectivity index (χ4n) is 1.34. The van der Waals surface area contributed by atoms with E-state index in [0.717, 1.165) is 19.6 Å². The number of anilines is 1. The molecular weight excluding hydrogens is 192 g/mol. The fraction of sp³-hybridized carbons (Fsp3) is 0.400. The first-order valence-electron chi connectivity index (χ1n) is 5.00. The number of hydrogen-bond acceptors (Lipinski definition) is 3. The Labute approximate surface area is 88.3 Å². The maximum atomic E-state index is 11.4. The lowest BCUT2D eigenvalue weighted by molar-refractivity contribution is 0.246. The summed E-state index contributed by atoms with van der Waals surface area (Å²) in [5.74, 6) is 0.574. The summed E-state index contributed by atoms with van der Waals surface area (Å²) in [6.07, 6.45) is 3.29. The van der Waals surface area contributed by atoms with Crippen LogP contribution in [0.5, 0.6) is 0 Å². The smallest absolute Gasteiger partial charge is 0.319 e. The summed E-state index contributed by atoms with van der Waals surface area (Å²) < 4.78 is 0. The zero-order chi connectivity index (χ0) is 10.5. The third-order valence-electron chi connectivity index (χ3n) is 2.34. The van der Waals surface area contributed by atoms with Gasteiger partial charge < -0.3 is 16.0 Å². The number of urea groups is 1. The number of nitrogens with zero attached hydrogens (tertiary/aromatic N) is 1. The van der Waals surface area contributed by atoms with Crippen LogP contribution in [0.3, 0.4) is 0 Å². The molecule has 0 saturated carbocycles. The van der Waals surface area contributed by atoms with Gasteiger partial charge in [0, 0.05) is 31.7 Å². The first-order chi connectivity index (χ1) is 7.34. The number of rotatable bonds is 3. The Hall–Kier alpha value is -1.62. The van der Waals surface area contributed by atoms with Gasteiger partial charge in [-0.1, -0.05) is 0 Å². The Morgan fingerprint density at radius 1 is 1.60 bits per heavy atom. The fourth-order valence-corrected chi connectivity index (χ4v) is 1.34. The molecule has 1 saturated heterocycles. The van der Waals surface area contributed by atoms with Gasteiger partial charge in [0.1, 0.15) is 0 Å². The van der Waals surface area contributed by atoms with Gasteiger partial charge in [-0.3, -0.25) is 4.98 Å². The van der Waals surface area contributed by atoms with Gasteiger partial charge in [-0.2, -0.15) is 0 Å². The molecule has 0 atom stereocenters. The lowest BCUT2D eigenvalue weighted by Crippen LogP contribution is -2.48. The Morgan fingerprint density at radius 2 is 2.47 bits per heavy atom. The van der Waals surface area contributed by atoms with Crippen LogP contribution < -0.4 is 16.0 Å². The maximum Gasteiger partial charge on any atom is 0.319 e. The van der Waals surface area contributed by atoms with Gasteiger partial charge in [-0.15, -0.1) is 0 Å². The number of hydrogen-bond donors (Lipinski definition) is 3. The van der Waals surface area contributed by atoms with Gasteiger partial charge in [0.05, 0.1) is 11.9 Å². The molecule has 1 aliphatic rings. The summed E-state index contributed by atoms with van der Waals surface area (Å²) in [7, 11) is 0. The quantitative estimate of drug-likeness (QED) is 0.671. The van der Waals surface area contributed by atoms with Gasteiger partial charge in [-0.25, -0.2) is 4.79 Å². The van der Waals surface area contributed by atoms with Crippen molar-refractivity contribution in [2.75, 3.05) is 25.0 Å². The van der Waals surface area contributed by atoms with E-state index in [0.29, 0.717) is 11.6 Å². The first-order valence-corrected chi connectivity index (χ1v) is 5.00. The standard InChI is InChI=1S/C10H14N4O/c15-10(13-6-8-4-12-5-8)14-9-2-1-3-11-7-9/h1-3,7-8,12H,4-6H2,(H2,13,14,15). The van der Waals surface area contributed by atoms with Crippen LogP contribution in [-0.4, -0.2) is 30.6 Å². The van der Waals surface area contributed by atoms with Gasteiger partial charge >= 0.3 is 6.03 Å². The van der Waals surface area contributed by atoms with E-state index >= 15 is 0 Å². The largest absolute Gasteiger partial charge is 0.337 e. The SMILES string of the molecule is O=C(NCC1CNC1)Nc1cccnc1. The minimum absolute atomic E-state index is 0.171. The van der Waals surface area contributed by atoms with Gasteiger partial charge in [0.15, 0.2) is 0 Å². The molecular formula is C10H14N4O. The van der Waals surface area contributed by atoms with Gasteiger partial charge in [0.2, 0.25) is 0 Å². The Bertz CT molecular complexity index is 323. The number of aromatic nitrogens is 1. The number of carbonyl (C=O) groups is 1. The Morgan fingerprint density at radius 3 is 3.07 bits per heavy atom. The Balaban J connectivity index is 1.72. The van der Waals surface area contributed by atoms with E-state index < -0.39 is 0 Å². The van der Waals surface area contributed by atoms with E-state index in [2.05, 4.69) is 20.9 Å². The van der Waals surface area contributed by atoms with Crippen molar-refractivity contribution in [2.24, 2.45) is 5.92 Å². The summed E-state index contributed by atoms with van der Waals surface area (Å²) in [5, 5.41) is 8.68. The molecule has 2 rings (SSSR count). The summed E-state index contributed by atoms with van der Waals surface area (Å²) in [6.45, 7) is 2.71. The van der Waals surface area contributed by atoms with Crippen molar-refractivity contribution in [1.82, 2.24) is 15.6 Å². The van der Waals surface area contributed by atoms with Gasteiger partial charge in [-0.05, 0) is 12.1 Å². The van der Waals surface area contributed by atoms with Crippen molar-refractivity contribution in [3.8, 4) is 0 Å². The first kappa shape index (κ1) is 9.92. The minimum Gasteiger partial charge on any atom is -0.337 e. The van der Waals surface area contributed by atoms with Crippen molar-refractivity contribution in [3.63, 3.8) is 0 Å². The van der Waals surface area contributed by atoms with Gasteiger partial charge in [0.25, 0.3) is 0 Å². The third kappa shape index (κ3) is 2.92. The van der Waals surface area contributed by atoms with Crippen molar-refractivity contribution >= 4 is 11.7 Å². The maximum absolute atomic E-state index is 11.4. The zero-order valence-corrected chi connectivity index (χ0v) is 8.36. The molecule has 80 valence electrons. The molecule has 1 fully saturated rings. The van der Waals surface area contributed by atoms with E-state index in [1.165, 1.54) is 0 Å². The number of carbonyl (C=O) groups excluding carboxylic acids is 1. The molecule has 5 nitrogen and oxygen atoms in total. The molecule has 15 heavy (non-hydrogen) atoms. The second-order valence-electron chi connectivity index (χ2n) is 3.60. The summed E-state index contributed by atoms with van der Waals surface area (Å²) in [6, 6.07) is 3.41. The van der Waals surface area contributed by atoms with Crippen LogP contribution in [-0.2, 0) is 0 Å². The number of nitrogens with one attached hydrogen (secondary N) is 3. The molecule has 1 aromatic heterocycles. The van der Waals surface area contributed by atoms with Crippen molar-refractivity contribution < 1.29 is 4.79 Å². The Kier molecular flexibility index (Phi) is 3.14. The van der Waals surface area contributed by atoms with E-state index in [9.17, 15) is 4.79 Å². The highest BCUT2D eigenvalue weighted by Crippen LogP contribution is 2.03. The van der Waals surface area contributed by atoms with Crippen molar-refractivity contribution in [1.29, 1.82) is 0 Å². The lowest BCUT2D eigenvalue weighted by atomic mass is 10.0. The minimum atomic E-state index is -0.171. The second kappa shape index (κ2) is 4.75. The highest BCUT2D eigenvalue weighted by Gasteiger charge is 2.16. The van der Waals surface area contributed by atoms with Crippen LogP contribution in [0, 0.1) is 5.92 Å². The topological polar surface area (TPSA) is 66.1 Å². The predicted molar refractivity (Wildman–Crippen MR) is 57.6 cm³/mol. The van der Waals surface area contributed by atoms with Crippen LogP contribution in [0.2, 0.25) is 0 Å². The van der Waals surface area contributed by atoms with E-state index in [1.807, 2.05) is 0 Å². The molecule has 5 heteroatoms. The average Bonchev–Trinajstić information content (AvgIpc) is 2.17. The normalized spacial score (nSPS) is 15.5. The summed E-state index contributed by atoms with van der Waals surface area (Å²) in [5.41, 5.74) is 0.710. The second-order valence-corrected chi connectivity index (χ2v) is 3.60. The summed E-state index contributed by atoms with van der Waals surface area (Å²) >= 11 is 0. The lowest BCUT2D eigenvalue weighted by Gasteiger charge is -2.27.